The van der Waals surface area contributed by atoms with E-state index < -0.39 is 0 Å². The number of rotatable bonds is 6. The highest BCUT2D eigenvalue weighted by atomic mass is 16.5. The summed E-state index contributed by atoms with van der Waals surface area (Å²) in [7, 11) is 1.66. The Hall–Kier alpha value is -1.81. The molecule has 0 fully saturated rings. The summed E-state index contributed by atoms with van der Waals surface area (Å²) in [5, 5.41) is 3.47. The van der Waals surface area contributed by atoms with Gasteiger partial charge in [-0.2, -0.15) is 0 Å². The number of aryl methyl sites for hydroxylation is 1. The van der Waals surface area contributed by atoms with Crippen LogP contribution in [-0.2, 0) is 0 Å². The molecule has 4 heteroatoms. The van der Waals surface area contributed by atoms with Crippen molar-refractivity contribution in [2.75, 3.05) is 13.7 Å². The molecule has 0 amide bonds. The van der Waals surface area contributed by atoms with E-state index in [9.17, 15) is 0 Å². The van der Waals surface area contributed by atoms with Crippen LogP contribution >= 0.6 is 0 Å². The topological polar surface area (TPSA) is 47.3 Å². The molecule has 0 saturated heterocycles. The summed E-state index contributed by atoms with van der Waals surface area (Å²) in [6.07, 6.45) is 4.53. The van der Waals surface area contributed by atoms with E-state index in [0.717, 1.165) is 35.7 Å². The van der Waals surface area contributed by atoms with Crippen LogP contribution in [0, 0.1) is 6.92 Å². The van der Waals surface area contributed by atoms with Gasteiger partial charge in [0.05, 0.1) is 13.4 Å². The summed E-state index contributed by atoms with van der Waals surface area (Å²) < 4.78 is 11.0. The molecule has 0 aliphatic heterocycles. The molecule has 0 saturated carbocycles. The van der Waals surface area contributed by atoms with Gasteiger partial charge in [0.15, 0.2) is 0 Å². The molecule has 0 aliphatic rings. The number of methoxy groups -OCH3 is 1. The molecule has 1 atom stereocenters. The number of hydrogen-bond donors (Lipinski definition) is 1. The number of pyridine rings is 1. The zero-order valence-corrected chi connectivity index (χ0v) is 11.6. The van der Waals surface area contributed by atoms with Gasteiger partial charge in [0.25, 0.3) is 0 Å². The predicted octanol–water partition coefficient (Wildman–Crippen LogP) is 3.08. The molecule has 2 heterocycles. The van der Waals surface area contributed by atoms with Gasteiger partial charge in [0.2, 0.25) is 0 Å². The lowest BCUT2D eigenvalue weighted by Crippen LogP contribution is -2.24. The molecule has 2 aromatic heterocycles. The van der Waals surface area contributed by atoms with Crippen molar-refractivity contribution in [1.82, 2.24) is 10.3 Å². The first-order valence-corrected chi connectivity index (χ1v) is 6.54. The highest BCUT2D eigenvalue weighted by Crippen LogP contribution is 2.30. The van der Waals surface area contributed by atoms with Crippen molar-refractivity contribution >= 4 is 0 Å². The van der Waals surface area contributed by atoms with Crippen LogP contribution in [0.1, 0.15) is 36.4 Å². The summed E-state index contributed by atoms with van der Waals surface area (Å²) in [6.45, 7) is 5.06. The highest BCUT2D eigenvalue weighted by Gasteiger charge is 2.23. The fourth-order valence-corrected chi connectivity index (χ4v) is 2.07. The summed E-state index contributed by atoms with van der Waals surface area (Å²) in [4.78, 5) is 4.45. The Morgan fingerprint density at radius 1 is 1.42 bits per heavy atom. The molecular weight excluding hydrogens is 240 g/mol. The third-order valence-corrected chi connectivity index (χ3v) is 3.06. The molecule has 2 rings (SSSR count). The quantitative estimate of drug-likeness (QED) is 0.867. The molecule has 0 aliphatic carbocycles. The molecule has 0 radical (unpaired) electrons. The number of hydrogen-bond acceptors (Lipinski definition) is 4. The van der Waals surface area contributed by atoms with Gasteiger partial charge < -0.3 is 14.5 Å². The molecule has 102 valence electrons. The van der Waals surface area contributed by atoms with Crippen molar-refractivity contribution in [3.8, 4) is 5.75 Å². The van der Waals surface area contributed by atoms with Crippen molar-refractivity contribution in [2.24, 2.45) is 0 Å². The van der Waals surface area contributed by atoms with Gasteiger partial charge in [-0.15, -0.1) is 0 Å². The van der Waals surface area contributed by atoms with E-state index in [0.29, 0.717) is 0 Å². The minimum Gasteiger partial charge on any atom is -0.495 e. The largest absolute Gasteiger partial charge is 0.495 e. The SMILES string of the molecule is CCCNC(c1ncccc1OC)c1occc1C. The van der Waals surface area contributed by atoms with Gasteiger partial charge >= 0.3 is 0 Å². The number of ether oxygens (including phenoxy) is 1. The van der Waals surface area contributed by atoms with Crippen LogP contribution in [0.3, 0.4) is 0 Å². The van der Waals surface area contributed by atoms with Gasteiger partial charge in [-0.1, -0.05) is 6.92 Å². The Labute approximate surface area is 113 Å². The Morgan fingerprint density at radius 3 is 2.89 bits per heavy atom. The second-order valence-electron chi connectivity index (χ2n) is 4.45. The summed E-state index contributed by atoms with van der Waals surface area (Å²) in [5.74, 6) is 1.66. The van der Waals surface area contributed by atoms with Crippen LogP contribution in [0.25, 0.3) is 0 Å². The molecule has 0 aromatic carbocycles. The maximum atomic E-state index is 5.62. The van der Waals surface area contributed by atoms with Crippen molar-refractivity contribution in [3.63, 3.8) is 0 Å². The first-order valence-electron chi connectivity index (χ1n) is 6.54. The van der Waals surface area contributed by atoms with E-state index in [1.165, 1.54) is 0 Å². The molecule has 19 heavy (non-hydrogen) atoms. The Kier molecular flexibility index (Phi) is 4.58. The minimum absolute atomic E-state index is 0.0777. The number of nitrogens with zero attached hydrogens (tertiary/aromatic N) is 1. The fraction of sp³-hybridized carbons (Fsp3) is 0.400. The van der Waals surface area contributed by atoms with Crippen LogP contribution in [-0.4, -0.2) is 18.6 Å². The number of nitrogens with one attached hydrogen (secondary N) is 1. The van der Waals surface area contributed by atoms with Crippen LogP contribution in [0.2, 0.25) is 0 Å². The van der Waals surface area contributed by atoms with Gasteiger partial charge in [-0.05, 0) is 43.7 Å². The normalized spacial score (nSPS) is 12.4. The average molecular weight is 260 g/mol. The zero-order valence-electron chi connectivity index (χ0n) is 11.6. The lowest BCUT2D eigenvalue weighted by Gasteiger charge is -2.19. The van der Waals surface area contributed by atoms with Crippen LogP contribution in [0.15, 0.2) is 35.1 Å². The Bertz CT molecular complexity index is 522. The third kappa shape index (κ3) is 2.96. The van der Waals surface area contributed by atoms with Crippen molar-refractivity contribution in [3.05, 3.63) is 47.7 Å². The maximum absolute atomic E-state index is 5.62. The molecule has 0 spiro atoms. The number of aromatic nitrogens is 1. The predicted molar refractivity (Wildman–Crippen MR) is 74.4 cm³/mol. The van der Waals surface area contributed by atoms with E-state index in [1.807, 2.05) is 25.1 Å². The molecule has 1 N–H and O–H groups in total. The van der Waals surface area contributed by atoms with Crippen molar-refractivity contribution in [2.45, 2.75) is 26.3 Å². The third-order valence-electron chi connectivity index (χ3n) is 3.06. The highest BCUT2D eigenvalue weighted by molar-refractivity contribution is 5.36. The second kappa shape index (κ2) is 6.38. The maximum Gasteiger partial charge on any atom is 0.142 e. The lowest BCUT2D eigenvalue weighted by atomic mass is 10.1. The van der Waals surface area contributed by atoms with Gasteiger partial charge in [0, 0.05) is 6.20 Å². The van der Waals surface area contributed by atoms with Crippen LogP contribution in [0.4, 0.5) is 0 Å². The Balaban J connectivity index is 2.40. The van der Waals surface area contributed by atoms with Gasteiger partial charge in [-0.25, -0.2) is 0 Å². The van der Waals surface area contributed by atoms with E-state index in [4.69, 9.17) is 9.15 Å². The van der Waals surface area contributed by atoms with E-state index >= 15 is 0 Å². The summed E-state index contributed by atoms with van der Waals surface area (Å²) in [6, 6.07) is 5.67. The fourth-order valence-electron chi connectivity index (χ4n) is 2.07. The standard InChI is InChI=1S/C15H20N2O2/c1-4-8-16-14(15-11(2)7-10-19-15)13-12(18-3)6-5-9-17-13/h5-7,9-10,14,16H,4,8H2,1-3H3. The molecule has 2 aromatic rings. The molecule has 0 bridgehead atoms. The van der Waals surface area contributed by atoms with Gasteiger partial charge in [-0.3, -0.25) is 4.98 Å². The smallest absolute Gasteiger partial charge is 0.142 e. The van der Waals surface area contributed by atoms with Crippen molar-refractivity contribution in [1.29, 1.82) is 0 Å². The second-order valence-corrected chi connectivity index (χ2v) is 4.45. The van der Waals surface area contributed by atoms with Crippen molar-refractivity contribution < 1.29 is 9.15 Å². The average Bonchev–Trinajstić information content (AvgIpc) is 2.86. The molecular formula is C15H20N2O2. The minimum atomic E-state index is -0.0777. The van der Waals surface area contributed by atoms with Crippen LogP contribution in [0.5, 0.6) is 5.75 Å². The van der Waals surface area contributed by atoms with Crippen LogP contribution < -0.4 is 10.1 Å². The van der Waals surface area contributed by atoms with E-state index in [-0.39, 0.29) is 6.04 Å². The van der Waals surface area contributed by atoms with E-state index in [1.54, 1.807) is 19.6 Å². The molecule has 1 unspecified atom stereocenters. The zero-order chi connectivity index (χ0) is 13.7. The number of furan rings is 1. The first kappa shape index (κ1) is 13.6. The van der Waals surface area contributed by atoms with E-state index in [2.05, 4.69) is 17.2 Å². The Morgan fingerprint density at radius 2 is 2.26 bits per heavy atom. The molecule has 4 nitrogen and oxygen atoms in total. The summed E-state index contributed by atoms with van der Waals surface area (Å²) >= 11 is 0. The summed E-state index contributed by atoms with van der Waals surface area (Å²) in [5.41, 5.74) is 1.97. The van der Waals surface area contributed by atoms with Gasteiger partial charge in [0.1, 0.15) is 23.2 Å². The first-order chi connectivity index (χ1) is 9.27. The monoisotopic (exact) mass is 260 g/mol. The lowest BCUT2D eigenvalue weighted by molar-refractivity contribution is 0.386.